The number of hydrogen-bond donors (Lipinski definition) is 1. The number of phosphoric acid groups is 1. The molecule has 1 amide bonds. The summed E-state index contributed by atoms with van der Waals surface area (Å²) in [5.41, 5.74) is 0. The van der Waals surface area contributed by atoms with E-state index in [4.69, 9.17) is 13.8 Å². The van der Waals surface area contributed by atoms with Gasteiger partial charge in [0.25, 0.3) is 7.82 Å². The summed E-state index contributed by atoms with van der Waals surface area (Å²) in [5.74, 6) is -0.534. The monoisotopic (exact) mass is 1160 g/mol. The molecule has 0 heterocycles. The lowest BCUT2D eigenvalue weighted by Crippen LogP contribution is -2.47. The summed E-state index contributed by atoms with van der Waals surface area (Å²) in [4.78, 5) is 40.1. The first kappa shape index (κ1) is 79.0. The lowest BCUT2D eigenvalue weighted by Gasteiger charge is -2.30. The number of allylic oxidation sites excluding steroid dienone is 7. The van der Waals surface area contributed by atoms with Gasteiger partial charge in [0.1, 0.15) is 19.3 Å². The molecule has 1 N–H and O–H groups in total. The Labute approximate surface area is 503 Å². The van der Waals surface area contributed by atoms with Crippen molar-refractivity contribution in [2.75, 3.05) is 40.9 Å². The van der Waals surface area contributed by atoms with Gasteiger partial charge in [0, 0.05) is 12.8 Å². The molecule has 0 aromatic rings. The van der Waals surface area contributed by atoms with Crippen molar-refractivity contribution in [3.8, 4) is 0 Å². The molecule has 0 aliphatic rings. The molecule has 0 aromatic heterocycles. The number of carbonyl (C=O) groups is 2. The first-order valence-electron chi connectivity index (χ1n) is 34.9. The number of rotatable bonds is 64. The highest BCUT2D eigenvalue weighted by molar-refractivity contribution is 7.45. The number of ether oxygens (including phenoxy) is 1. The molecule has 0 spiro atoms. The molecule has 0 rings (SSSR count). The van der Waals surface area contributed by atoms with Gasteiger partial charge in [-0.3, -0.25) is 14.2 Å². The molecule has 0 fully saturated rings. The minimum atomic E-state index is -4.70. The van der Waals surface area contributed by atoms with Gasteiger partial charge in [-0.05, 0) is 70.3 Å². The minimum Gasteiger partial charge on any atom is -0.756 e. The predicted octanol–water partition coefficient (Wildman–Crippen LogP) is 21.4. The predicted molar refractivity (Wildman–Crippen MR) is 349 cm³/mol. The SMILES string of the molecule is CCCCC/C=C\C/C=C\C/C=C\CCCCCCCCCCC(=O)OC(/C=C/CCCCCCCCCCC)C(COP(=O)([O-])OCC[N+](C)(C)C)NC(=O)CCCCCCCCCCCCCCCCCCCCCCCCC. The van der Waals surface area contributed by atoms with E-state index in [1.165, 1.54) is 225 Å². The number of nitrogens with zero attached hydrogens (tertiary/aromatic N) is 1. The lowest BCUT2D eigenvalue weighted by atomic mass is 10.0. The van der Waals surface area contributed by atoms with Crippen molar-refractivity contribution in [1.82, 2.24) is 5.32 Å². The first-order chi connectivity index (χ1) is 39.4. The fourth-order valence-corrected chi connectivity index (χ4v) is 11.1. The van der Waals surface area contributed by atoms with Crippen molar-refractivity contribution in [3.05, 3.63) is 48.6 Å². The largest absolute Gasteiger partial charge is 0.756 e. The number of carbonyl (C=O) groups excluding carboxylic acids is 2. The standard InChI is InChI=1S/C71H135N2O7P/c1-7-10-13-16-19-22-25-27-29-31-33-35-36-38-39-41-43-45-48-51-54-57-60-63-70(74)72-68(67-79-81(76,77)78-66-65-73(4,5)6)69(62-59-56-53-50-47-24-21-18-15-12-9-3)80-71(75)64-61-58-55-52-49-46-44-42-40-37-34-32-30-28-26-23-20-17-14-11-8-2/h20,23,28,30,34,37,59,62,68-69H,7-19,21-22,24-27,29,31-33,35-36,38-58,60-61,63-67H2,1-6H3,(H-,72,74,76,77)/b23-20-,30-28-,37-34-,62-59+. The summed E-state index contributed by atoms with van der Waals surface area (Å²) in [6, 6.07) is -0.890. The van der Waals surface area contributed by atoms with Gasteiger partial charge < -0.3 is 28.5 Å². The van der Waals surface area contributed by atoms with E-state index in [1.807, 2.05) is 33.3 Å². The van der Waals surface area contributed by atoms with Crippen molar-refractivity contribution in [2.45, 2.75) is 354 Å². The van der Waals surface area contributed by atoms with Crippen LogP contribution < -0.4 is 10.2 Å². The number of phosphoric ester groups is 1. The number of quaternary nitrogens is 1. The van der Waals surface area contributed by atoms with E-state index in [1.54, 1.807) is 0 Å². The van der Waals surface area contributed by atoms with Crippen LogP contribution in [0.4, 0.5) is 0 Å². The van der Waals surface area contributed by atoms with E-state index in [2.05, 4.69) is 62.5 Å². The molecule has 3 unspecified atom stereocenters. The summed E-state index contributed by atoms with van der Waals surface area (Å²) in [6.45, 7) is 6.86. The Bertz CT molecular complexity index is 1520. The maximum absolute atomic E-state index is 13.6. The van der Waals surface area contributed by atoms with Crippen LogP contribution in [0.2, 0.25) is 0 Å². The van der Waals surface area contributed by atoms with Crippen LogP contribution in [0.15, 0.2) is 48.6 Å². The lowest BCUT2D eigenvalue weighted by molar-refractivity contribution is -0.870. The Morgan fingerprint density at radius 3 is 1.15 bits per heavy atom. The number of esters is 1. The third-order valence-corrected chi connectivity index (χ3v) is 16.7. The molecule has 9 nitrogen and oxygen atoms in total. The first-order valence-corrected chi connectivity index (χ1v) is 36.4. The van der Waals surface area contributed by atoms with Crippen molar-refractivity contribution in [1.29, 1.82) is 0 Å². The molecule has 81 heavy (non-hydrogen) atoms. The summed E-state index contributed by atoms with van der Waals surface area (Å²) in [5, 5.41) is 3.04. The number of nitrogens with one attached hydrogen (secondary N) is 1. The molecule has 0 aliphatic carbocycles. The highest BCUT2D eigenvalue weighted by Crippen LogP contribution is 2.38. The zero-order valence-electron chi connectivity index (χ0n) is 54.5. The van der Waals surface area contributed by atoms with Crippen LogP contribution in [-0.4, -0.2) is 69.4 Å². The smallest absolute Gasteiger partial charge is 0.306 e. The van der Waals surface area contributed by atoms with Crippen LogP contribution in [0.1, 0.15) is 342 Å². The van der Waals surface area contributed by atoms with Crippen molar-refractivity contribution < 1.29 is 37.3 Å². The second-order valence-corrected chi connectivity index (χ2v) is 26.5. The van der Waals surface area contributed by atoms with Gasteiger partial charge in [0.15, 0.2) is 0 Å². The van der Waals surface area contributed by atoms with E-state index in [-0.39, 0.29) is 31.5 Å². The van der Waals surface area contributed by atoms with E-state index in [0.29, 0.717) is 17.4 Å². The van der Waals surface area contributed by atoms with E-state index >= 15 is 0 Å². The van der Waals surface area contributed by atoms with Crippen LogP contribution in [0, 0.1) is 0 Å². The molecule has 10 heteroatoms. The van der Waals surface area contributed by atoms with Gasteiger partial charge in [-0.15, -0.1) is 0 Å². The summed E-state index contributed by atoms with van der Waals surface area (Å²) >= 11 is 0. The minimum absolute atomic E-state index is 0.0221. The Hall–Kier alpha value is -2.03. The maximum Gasteiger partial charge on any atom is 0.306 e. The molecular formula is C71H135N2O7P. The third-order valence-electron chi connectivity index (χ3n) is 15.8. The fourth-order valence-electron chi connectivity index (χ4n) is 10.4. The van der Waals surface area contributed by atoms with E-state index in [9.17, 15) is 19.0 Å². The Morgan fingerprint density at radius 1 is 0.432 bits per heavy atom. The highest BCUT2D eigenvalue weighted by Gasteiger charge is 2.27. The Kier molecular flexibility index (Phi) is 59.5. The summed E-state index contributed by atoms with van der Waals surface area (Å²) in [6.07, 6.45) is 76.6. The van der Waals surface area contributed by atoms with E-state index < -0.39 is 20.0 Å². The maximum atomic E-state index is 13.6. The second kappa shape index (κ2) is 61.1. The normalized spacial score (nSPS) is 13.8. The molecule has 0 saturated heterocycles. The van der Waals surface area contributed by atoms with Gasteiger partial charge in [0.2, 0.25) is 5.91 Å². The Balaban J connectivity index is 5.05. The van der Waals surface area contributed by atoms with E-state index in [0.717, 1.165) is 83.5 Å². The molecule has 3 atom stereocenters. The summed E-state index contributed by atoms with van der Waals surface area (Å²) in [7, 11) is 1.19. The highest BCUT2D eigenvalue weighted by atomic mass is 31.2. The van der Waals surface area contributed by atoms with Crippen LogP contribution >= 0.6 is 7.82 Å². The van der Waals surface area contributed by atoms with Crippen LogP contribution in [0.3, 0.4) is 0 Å². The fraction of sp³-hybridized carbons (Fsp3) is 0.859. The van der Waals surface area contributed by atoms with Crippen LogP contribution in [-0.2, 0) is 27.9 Å². The molecule has 0 aliphatic heterocycles. The molecule has 0 radical (unpaired) electrons. The number of amides is 1. The van der Waals surface area contributed by atoms with Crippen LogP contribution in [0.5, 0.6) is 0 Å². The number of likely N-dealkylation sites (N-methyl/N-ethyl adjacent to an activating group) is 1. The average molecular weight is 1160 g/mol. The van der Waals surface area contributed by atoms with Gasteiger partial charge in [0.05, 0.1) is 33.8 Å². The second-order valence-electron chi connectivity index (χ2n) is 25.0. The average Bonchev–Trinajstić information content (AvgIpc) is 3.43. The van der Waals surface area contributed by atoms with Gasteiger partial charge in [-0.25, -0.2) is 0 Å². The summed E-state index contributed by atoms with van der Waals surface area (Å²) < 4.78 is 30.4. The van der Waals surface area contributed by atoms with Crippen molar-refractivity contribution >= 4 is 19.7 Å². The topological polar surface area (TPSA) is 114 Å². The molecule has 0 aromatic carbocycles. The van der Waals surface area contributed by atoms with Crippen molar-refractivity contribution in [3.63, 3.8) is 0 Å². The number of unbranched alkanes of at least 4 members (excludes halogenated alkanes) is 42. The number of hydrogen-bond acceptors (Lipinski definition) is 7. The van der Waals surface area contributed by atoms with Gasteiger partial charge in [-0.2, -0.15) is 0 Å². The molecule has 476 valence electrons. The zero-order chi connectivity index (χ0) is 59.3. The zero-order valence-corrected chi connectivity index (χ0v) is 55.4. The molecule has 0 bridgehead atoms. The van der Waals surface area contributed by atoms with Crippen LogP contribution in [0.25, 0.3) is 0 Å². The van der Waals surface area contributed by atoms with Gasteiger partial charge in [-0.1, -0.05) is 307 Å². The molecular weight excluding hydrogens is 1020 g/mol. The molecule has 0 saturated carbocycles. The Morgan fingerprint density at radius 2 is 0.753 bits per heavy atom. The quantitative estimate of drug-likeness (QED) is 0.0212. The van der Waals surface area contributed by atoms with Crippen molar-refractivity contribution in [2.24, 2.45) is 0 Å². The van der Waals surface area contributed by atoms with Gasteiger partial charge >= 0.3 is 5.97 Å². The third kappa shape index (κ3) is 62.3.